The number of aliphatic hydroxyl groups is 1. The molecule has 1 fully saturated rings. The van der Waals surface area contributed by atoms with E-state index in [0.29, 0.717) is 24.8 Å². The highest BCUT2D eigenvalue weighted by Gasteiger charge is 2.35. The van der Waals surface area contributed by atoms with Gasteiger partial charge < -0.3 is 14.6 Å². The van der Waals surface area contributed by atoms with Gasteiger partial charge in [-0.1, -0.05) is 12.1 Å². The molecule has 1 aromatic rings. The van der Waals surface area contributed by atoms with Crippen LogP contribution in [0.15, 0.2) is 18.2 Å². The lowest BCUT2D eigenvalue weighted by Gasteiger charge is -2.36. The van der Waals surface area contributed by atoms with Gasteiger partial charge in [0, 0.05) is 20.0 Å². The van der Waals surface area contributed by atoms with E-state index >= 15 is 0 Å². The molecule has 1 saturated carbocycles. The molecule has 0 aliphatic heterocycles. The molecule has 2 atom stereocenters. The molecule has 1 N–H and O–H groups in total. The van der Waals surface area contributed by atoms with E-state index in [9.17, 15) is 9.50 Å². The zero-order valence-corrected chi connectivity index (χ0v) is 11.5. The highest BCUT2D eigenvalue weighted by molar-refractivity contribution is 5.32. The number of rotatable bonds is 4. The Kier molecular flexibility index (Phi) is 4.42. The van der Waals surface area contributed by atoms with Crippen LogP contribution in [0.3, 0.4) is 0 Å². The van der Waals surface area contributed by atoms with Crippen molar-refractivity contribution in [3.05, 3.63) is 29.6 Å². The summed E-state index contributed by atoms with van der Waals surface area (Å²) in [5.41, 5.74) is -0.384. The van der Waals surface area contributed by atoms with Crippen LogP contribution in [0.5, 0.6) is 5.75 Å². The summed E-state index contributed by atoms with van der Waals surface area (Å²) in [5.74, 6) is -0.154. The van der Waals surface area contributed by atoms with Crippen molar-refractivity contribution < 1.29 is 19.0 Å². The minimum Gasteiger partial charge on any atom is -0.494 e. The van der Waals surface area contributed by atoms with Crippen molar-refractivity contribution in [1.29, 1.82) is 0 Å². The van der Waals surface area contributed by atoms with Gasteiger partial charge in [0.2, 0.25) is 0 Å². The Morgan fingerprint density at radius 3 is 2.89 bits per heavy atom. The first-order valence-corrected chi connectivity index (χ1v) is 6.64. The molecule has 0 heterocycles. The van der Waals surface area contributed by atoms with E-state index in [1.54, 1.807) is 25.3 Å². The Balaban J connectivity index is 2.15. The van der Waals surface area contributed by atoms with Gasteiger partial charge in [-0.25, -0.2) is 4.39 Å². The first-order valence-electron chi connectivity index (χ1n) is 6.64. The van der Waals surface area contributed by atoms with Gasteiger partial charge in [-0.05, 0) is 30.9 Å². The maximum Gasteiger partial charge on any atom is 0.168 e. The Labute approximate surface area is 113 Å². The molecular formula is C15H21FO3. The molecule has 2 unspecified atom stereocenters. The summed E-state index contributed by atoms with van der Waals surface area (Å²) in [7, 11) is 3.10. The second kappa shape index (κ2) is 5.88. The Morgan fingerprint density at radius 2 is 2.21 bits per heavy atom. The standard InChI is InChI=1S/C15H21FO3/c1-18-12-6-4-8-15(17,10-12)9-11-5-3-7-13(19-2)14(11)16/h3,5,7,12,17H,4,6,8-10H2,1-2H3. The molecular weight excluding hydrogens is 247 g/mol. The molecule has 0 bridgehead atoms. The maximum absolute atomic E-state index is 14.1. The zero-order valence-electron chi connectivity index (χ0n) is 11.5. The van der Waals surface area contributed by atoms with Crippen LogP contribution >= 0.6 is 0 Å². The van der Waals surface area contributed by atoms with Gasteiger partial charge in [-0.15, -0.1) is 0 Å². The van der Waals surface area contributed by atoms with Crippen LogP contribution in [0, 0.1) is 5.82 Å². The van der Waals surface area contributed by atoms with Crippen LogP contribution in [0.4, 0.5) is 4.39 Å². The topological polar surface area (TPSA) is 38.7 Å². The number of hydrogen-bond acceptors (Lipinski definition) is 3. The van der Waals surface area contributed by atoms with Crippen LogP contribution in [0.1, 0.15) is 31.2 Å². The molecule has 3 nitrogen and oxygen atoms in total. The first-order chi connectivity index (χ1) is 9.08. The van der Waals surface area contributed by atoms with Crippen LogP contribution in [-0.2, 0) is 11.2 Å². The van der Waals surface area contributed by atoms with Crippen molar-refractivity contribution >= 4 is 0 Å². The van der Waals surface area contributed by atoms with Gasteiger partial charge in [0.1, 0.15) is 0 Å². The van der Waals surface area contributed by atoms with Crippen molar-refractivity contribution in [2.45, 2.75) is 43.8 Å². The third-order valence-corrected chi connectivity index (χ3v) is 3.89. The Hall–Kier alpha value is -1.13. The summed E-state index contributed by atoms with van der Waals surface area (Å²) >= 11 is 0. The summed E-state index contributed by atoms with van der Waals surface area (Å²) < 4.78 is 24.4. The molecule has 0 saturated heterocycles. The van der Waals surface area contributed by atoms with Crippen molar-refractivity contribution in [2.24, 2.45) is 0 Å². The minimum atomic E-state index is -0.883. The lowest BCUT2D eigenvalue weighted by Crippen LogP contribution is -2.40. The zero-order chi connectivity index (χ0) is 13.9. The number of ether oxygens (including phenoxy) is 2. The molecule has 0 amide bonds. The van der Waals surface area contributed by atoms with Crippen molar-refractivity contribution in [1.82, 2.24) is 0 Å². The molecule has 0 aromatic heterocycles. The normalized spacial score (nSPS) is 27.3. The van der Waals surface area contributed by atoms with Crippen molar-refractivity contribution in [3.63, 3.8) is 0 Å². The SMILES string of the molecule is COc1cccc(CC2(O)CCCC(OC)C2)c1F. The van der Waals surface area contributed by atoms with E-state index in [0.717, 1.165) is 12.8 Å². The molecule has 2 rings (SSSR count). The van der Waals surface area contributed by atoms with E-state index < -0.39 is 5.60 Å². The lowest BCUT2D eigenvalue weighted by atomic mass is 9.79. The van der Waals surface area contributed by atoms with Gasteiger partial charge in [-0.2, -0.15) is 0 Å². The van der Waals surface area contributed by atoms with Crippen LogP contribution in [-0.4, -0.2) is 31.0 Å². The fourth-order valence-corrected chi connectivity index (χ4v) is 2.85. The summed E-state index contributed by atoms with van der Waals surface area (Å²) in [6.45, 7) is 0. The monoisotopic (exact) mass is 268 g/mol. The average molecular weight is 268 g/mol. The molecule has 0 radical (unpaired) electrons. The predicted octanol–water partition coefficient (Wildman–Crippen LogP) is 2.70. The number of hydrogen-bond donors (Lipinski definition) is 1. The number of benzene rings is 1. The van der Waals surface area contributed by atoms with Crippen LogP contribution < -0.4 is 4.74 Å². The minimum absolute atomic E-state index is 0.0624. The quantitative estimate of drug-likeness (QED) is 0.912. The fourth-order valence-electron chi connectivity index (χ4n) is 2.85. The van der Waals surface area contributed by atoms with Gasteiger partial charge in [0.15, 0.2) is 11.6 Å². The van der Waals surface area contributed by atoms with E-state index in [1.807, 2.05) is 0 Å². The van der Waals surface area contributed by atoms with Gasteiger partial charge in [0.25, 0.3) is 0 Å². The maximum atomic E-state index is 14.1. The Bertz CT molecular complexity index is 435. The van der Waals surface area contributed by atoms with Crippen molar-refractivity contribution in [2.75, 3.05) is 14.2 Å². The van der Waals surface area contributed by atoms with Gasteiger partial charge in [-0.3, -0.25) is 0 Å². The largest absolute Gasteiger partial charge is 0.494 e. The number of halogens is 1. The summed E-state index contributed by atoms with van der Waals surface area (Å²) in [5, 5.41) is 10.6. The average Bonchev–Trinajstić information content (AvgIpc) is 2.41. The van der Waals surface area contributed by atoms with Crippen LogP contribution in [0.2, 0.25) is 0 Å². The van der Waals surface area contributed by atoms with Crippen LogP contribution in [0.25, 0.3) is 0 Å². The van der Waals surface area contributed by atoms with Gasteiger partial charge >= 0.3 is 0 Å². The Morgan fingerprint density at radius 1 is 1.42 bits per heavy atom. The summed E-state index contributed by atoms with van der Waals surface area (Å²) in [4.78, 5) is 0. The highest BCUT2D eigenvalue weighted by atomic mass is 19.1. The van der Waals surface area contributed by atoms with E-state index in [2.05, 4.69) is 0 Å². The molecule has 1 aliphatic rings. The molecule has 0 spiro atoms. The third kappa shape index (κ3) is 3.25. The van der Waals surface area contributed by atoms with E-state index in [1.165, 1.54) is 7.11 Å². The fraction of sp³-hybridized carbons (Fsp3) is 0.600. The molecule has 4 heteroatoms. The van der Waals surface area contributed by atoms with Crippen molar-refractivity contribution in [3.8, 4) is 5.75 Å². The summed E-state index contributed by atoms with van der Waals surface area (Å²) in [6, 6.07) is 5.03. The highest BCUT2D eigenvalue weighted by Crippen LogP contribution is 2.34. The van der Waals surface area contributed by atoms with E-state index in [4.69, 9.17) is 9.47 Å². The molecule has 19 heavy (non-hydrogen) atoms. The number of methoxy groups -OCH3 is 2. The third-order valence-electron chi connectivity index (χ3n) is 3.89. The second-order valence-electron chi connectivity index (χ2n) is 5.29. The first kappa shape index (κ1) is 14.3. The second-order valence-corrected chi connectivity index (χ2v) is 5.29. The summed E-state index contributed by atoms with van der Waals surface area (Å²) in [6.07, 6.45) is 3.46. The predicted molar refractivity (Wildman–Crippen MR) is 70.9 cm³/mol. The molecule has 1 aromatic carbocycles. The van der Waals surface area contributed by atoms with Gasteiger partial charge in [0.05, 0.1) is 18.8 Å². The smallest absolute Gasteiger partial charge is 0.168 e. The molecule has 1 aliphatic carbocycles. The van der Waals surface area contributed by atoms with E-state index in [-0.39, 0.29) is 17.7 Å². The molecule has 106 valence electrons. The lowest BCUT2D eigenvalue weighted by molar-refractivity contribution is -0.0585.